The van der Waals surface area contributed by atoms with Crippen LogP contribution in [0.3, 0.4) is 0 Å². The molecule has 2 aromatic rings. The van der Waals surface area contributed by atoms with Crippen molar-refractivity contribution in [1.29, 1.82) is 0 Å². The minimum Gasteiger partial charge on any atom is -0.413 e. The van der Waals surface area contributed by atoms with Crippen molar-refractivity contribution in [3.63, 3.8) is 0 Å². The Morgan fingerprint density at radius 3 is 2.79 bits per heavy atom. The molecule has 0 bridgehead atoms. The summed E-state index contributed by atoms with van der Waals surface area (Å²) in [6, 6.07) is 9.13. The van der Waals surface area contributed by atoms with Crippen LogP contribution < -0.4 is 10.4 Å². The lowest BCUT2D eigenvalue weighted by atomic mass is 10.2. The molecule has 0 fully saturated rings. The number of halogens is 1. The fraction of sp³-hybridized carbons (Fsp3) is 0.100. The summed E-state index contributed by atoms with van der Waals surface area (Å²) >= 11 is 2.23. The first-order valence-electron chi connectivity index (χ1n) is 4.08. The maximum atomic E-state index is 11.4. The quantitative estimate of drug-likeness (QED) is 0.750. The summed E-state index contributed by atoms with van der Waals surface area (Å²) in [5, 5.41) is 0.998. The Bertz CT molecular complexity index is 533. The van der Waals surface area contributed by atoms with Crippen molar-refractivity contribution in [1.82, 2.24) is 4.73 Å². The van der Waals surface area contributed by atoms with Gasteiger partial charge in [0, 0.05) is 15.0 Å². The monoisotopic (exact) mass is 301 g/mol. The van der Waals surface area contributed by atoms with Gasteiger partial charge in [-0.25, -0.2) is 0 Å². The summed E-state index contributed by atoms with van der Waals surface area (Å²) in [6.45, 7) is 0. The standard InChI is InChI=1S/C10H8INO2/c1-14-12-9-4-3-8(11)6-7(9)2-5-10(12)13/h2-6H,1H3. The van der Waals surface area contributed by atoms with Crippen LogP contribution in [0, 0.1) is 3.57 Å². The number of aromatic nitrogens is 1. The summed E-state index contributed by atoms with van der Waals surface area (Å²) in [4.78, 5) is 16.4. The Morgan fingerprint density at radius 2 is 2.07 bits per heavy atom. The average molecular weight is 301 g/mol. The highest BCUT2D eigenvalue weighted by Crippen LogP contribution is 2.14. The predicted molar refractivity (Wildman–Crippen MR) is 63.4 cm³/mol. The lowest BCUT2D eigenvalue weighted by Crippen LogP contribution is -2.23. The van der Waals surface area contributed by atoms with Crippen molar-refractivity contribution >= 4 is 33.5 Å². The van der Waals surface area contributed by atoms with Crippen molar-refractivity contribution in [2.24, 2.45) is 0 Å². The zero-order valence-electron chi connectivity index (χ0n) is 7.53. The molecule has 0 atom stereocenters. The van der Waals surface area contributed by atoms with Crippen LogP contribution in [0.25, 0.3) is 10.9 Å². The van der Waals surface area contributed by atoms with Crippen LogP contribution in [-0.4, -0.2) is 11.8 Å². The van der Waals surface area contributed by atoms with Crippen molar-refractivity contribution in [3.05, 3.63) is 44.3 Å². The van der Waals surface area contributed by atoms with E-state index >= 15 is 0 Å². The molecule has 0 unspecified atom stereocenters. The molecule has 2 rings (SSSR count). The van der Waals surface area contributed by atoms with Gasteiger partial charge in [0.2, 0.25) is 0 Å². The molecular weight excluding hydrogens is 293 g/mol. The van der Waals surface area contributed by atoms with E-state index in [0.717, 1.165) is 14.5 Å². The molecule has 0 amide bonds. The van der Waals surface area contributed by atoms with Crippen LogP contribution in [0.4, 0.5) is 0 Å². The van der Waals surface area contributed by atoms with Gasteiger partial charge in [-0.05, 0) is 46.9 Å². The second-order valence-corrected chi connectivity index (χ2v) is 4.10. The summed E-state index contributed by atoms with van der Waals surface area (Å²) < 4.78 is 2.42. The number of nitrogens with zero attached hydrogens (tertiary/aromatic N) is 1. The first kappa shape index (κ1) is 9.51. The first-order chi connectivity index (χ1) is 6.72. The smallest absolute Gasteiger partial charge is 0.283 e. The van der Waals surface area contributed by atoms with E-state index in [-0.39, 0.29) is 5.56 Å². The number of hydrogen-bond acceptors (Lipinski definition) is 2. The molecule has 0 aliphatic heterocycles. The summed E-state index contributed by atoms with van der Waals surface area (Å²) in [6.07, 6.45) is 0. The van der Waals surface area contributed by atoms with E-state index in [1.165, 1.54) is 17.9 Å². The van der Waals surface area contributed by atoms with E-state index in [9.17, 15) is 4.79 Å². The second kappa shape index (κ2) is 3.61. The Kier molecular flexibility index (Phi) is 2.45. The van der Waals surface area contributed by atoms with Crippen LogP contribution in [0.15, 0.2) is 35.1 Å². The number of benzene rings is 1. The van der Waals surface area contributed by atoms with Gasteiger partial charge in [-0.1, -0.05) is 0 Å². The molecule has 1 aromatic carbocycles. The molecular formula is C10H8INO2. The average Bonchev–Trinajstić information content (AvgIpc) is 2.18. The number of fused-ring (bicyclic) bond motifs is 1. The van der Waals surface area contributed by atoms with Crippen LogP contribution in [0.1, 0.15) is 0 Å². The molecule has 0 aliphatic rings. The fourth-order valence-electron chi connectivity index (χ4n) is 1.38. The van der Waals surface area contributed by atoms with Gasteiger partial charge in [0.1, 0.15) is 7.11 Å². The van der Waals surface area contributed by atoms with E-state index in [0.29, 0.717) is 0 Å². The van der Waals surface area contributed by atoms with Crippen molar-refractivity contribution in [3.8, 4) is 0 Å². The van der Waals surface area contributed by atoms with Crippen LogP contribution in [0.2, 0.25) is 0 Å². The lowest BCUT2D eigenvalue weighted by Gasteiger charge is -2.07. The molecule has 0 aliphatic carbocycles. The molecule has 3 nitrogen and oxygen atoms in total. The van der Waals surface area contributed by atoms with Crippen LogP contribution in [0.5, 0.6) is 0 Å². The molecule has 14 heavy (non-hydrogen) atoms. The van der Waals surface area contributed by atoms with Gasteiger partial charge in [-0.15, -0.1) is 4.73 Å². The normalized spacial score (nSPS) is 10.4. The summed E-state index contributed by atoms with van der Waals surface area (Å²) in [5.74, 6) is 0. The van der Waals surface area contributed by atoms with Gasteiger partial charge >= 0.3 is 0 Å². The van der Waals surface area contributed by atoms with Crippen molar-refractivity contribution < 1.29 is 4.84 Å². The van der Waals surface area contributed by atoms with Gasteiger partial charge in [0.15, 0.2) is 0 Å². The Balaban J connectivity index is 2.89. The van der Waals surface area contributed by atoms with E-state index < -0.39 is 0 Å². The number of hydrogen-bond donors (Lipinski definition) is 0. The zero-order valence-corrected chi connectivity index (χ0v) is 9.69. The highest BCUT2D eigenvalue weighted by atomic mass is 127. The Hall–Kier alpha value is -1.04. The highest BCUT2D eigenvalue weighted by Gasteiger charge is 2.02. The van der Waals surface area contributed by atoms with E-state index in [4.69, 9.17) is 4.84 Å². The molecule has 0 N–H and O–H groups in total. The number of pyridine rings is 1. The van der Waals surface area contributed by atoms with Crippen molar-refractivity contribution in [2.45, 2.75) is 0 Å². The van der Waals surface area contributed by atoms with E-state index in [1.54, 1.807) is 6.07 Å². The Labute approximate surface area is 94.4 Å². The Morgan fingerprint density at radius 1 is 1.29 bits per heavy atom. The van der Waals surface area contributed by atoms with E-state index in [1.807, 2.05) is 18.2 Å². The zero-order chi connectivity index (χ0) is 10.1. The SMILES string of the molecule is COn1c(=O)ccc2cc(I)ccc21. The molecule has 1 heterocycles. The fourth-order valence-corrected chi connectivity index (χ4v) is 1.89. The molecule has 4 heteroatoms. The molecule has 0 saturated heterocycles. The second-order valence-electron chi connectivity index (χ2n) is 2.85. The third kappa shape index (κ3) is 1.50. The van der Waals surface area contributed by atoms with Gasteiger partial charge in [-0.3, -0.25) is 4.79 Å². The third-order valence-electron chi connectivity index (χ3n) is 2.00. The molecule has 0 saturated carbocycles. The van der Waals surface area contributed by atoms with Gasteiger partial charge in [-0.2, -0.15) is 0 Å². The predicted octanol–water partition coefficient (Wildman–Crippen LogP) is 1.66. The third-order valence-corrected chi connectivity index (χ3v) is 2.67. The van der Waals surface area contributed by atoms with E-state index in [2.05, 4.69) is 22.6 Å². The molecule has 0 radical (unpaired) electrons. The first-order valence-corrected chi connectivity index (χ1v) is 5.16. The van der Waals surface area contributed by atoms with Crippen molar-refractivity contribution in [2.75, 3.05) is 7.11 Å². The molecule has 1 aromatic heterocycles. The summed E-state index contributed by atoms with van der Waals surface area (Å²) in [7, 11) is 1.48. The minimum atomic E-state index is -0.152. The van der Waals surface area contributed by atoms with Crippen LogP contribution >= 0.6 is 22.6 Å². The van der Waals surface area contributed by atoms with Crippen LogP contribution in [-0.2, 0) is 0 Å². The molecule has 0 spiro atoms. The molecule has 72 valence electrons. The lowest BCUT2D eigenvalue weighted by molar-refractivity contribution is 0.169. The minimum absolute atomic E-state index is 0.152. The summed E-state index contributed by atoms with van der Waals surface area (Å²) in [5.41, 5.74) is 0.640. The van der Waals surface area contributed by atoms with Gasteiger partial charge < -0.3 is 4.84 Å². The largest absolute Gasteiger partial charge is 0.413 e. The van der Waals surface area contributed by atoms with Gasteiger partial charge in [0.05, 0.1) is 5.52 Å². The highest BCUT2D eigenvalue weighted by molar-refractivity contribution is 14.1. The van der Waals surface area contributed by atoms with Gasteiger partial charge in [0.25, 0.3) is 5.56 Å². The number of rotatable bonds is 1. The topological polar surface area (TPSA) is 31.2 Å². The maximum Gasteiger partial charge on any atom is 0.283 e. The maximum absolute atomic E-state index is 11.4.